The van der Waals surface area contributed by atoms with E-state index in [0.29, 0.717) is 4.47 Å². The molecule has 0 bridgehead atoms. The number of nitrogens with one attached hydrogen (secondary N) is 1. The first-order valence-corrected chi connectivity index (χ1v) is 9.00. The number of anilines is 2. The quantitative estimate of drug-likeness (QED) is 0.815. The highest BCUT2D eigenvalue weighted by atomic mass is 79.9. The van der Waals surface area contributed by atoms with Gasteiger partial charge in [0.05, 0.1) is 10.9 Å². The maximum absolute atomic E-state index is 13.2. The number of piperidine rings is 1. The van der Waals surface area contributed by atoms with E-state index in [0.717, 1.165) is 24.3 Å². The van der Waals surface area contributed by atoms with Crippen molar-refractivity contribution in [1.29, 1.82) is 0 Å². The Hall–Kier alpha value is -1.88. The van der Waals surface area contributed by atoms with Gasteiger partial charge in [-0.25, -0.2) is 4.39 Å². The fourth-order valence-electron chi connectivity index (χ4n) is 2.95. The molecule has 0 aromatic heterocycles. The van der Waals surface area contributed by atoms with E-state index < -0.39 is 0 Å². The molecule has 1 N–H and O–H groups in total. The number of nitrogens with zero attached hydrogens (tertiary/aromatic N) is 1. The first kappa shape index (κ1) is 17.0. The summed E-state index contributed by atoms with van der Waals surface area (Å²) in [4.78, 5) is 14.5. The Labute approximate surface area is 150 Å². The van der Waals surface area contributed by atoms with Crippen LogP contribution in [0.1, 0.15) is 24.8 Å². The summed E-state index contributed by atoms with van der Waals surface area (Å²) in [6.45, 7) is 2.20. The van der Waals surface area contributed by atoms with Crippen molar-refractivity contribution in [3.63, 3.8) is 0 Å². The third kappa shape index (κ3) is 4.35. The van der Waals surface area contributed by atoms with Gasteiger partial charge in [0.15, 0.2) is 0 Å². The molecule has 0 radical (unpaired) electrons. The minimum atomic E-state index is -0.326. The van der Waals surface area contributed by atoms with Crippen LogP contribution >= 0.6 is 15.9 Å². The fraction of sp³-hybridized carbons (Fsp3) is 0.316. The van der Waals surface area contributed by atoms with Crippen molar-refractivity contribution in [3.8, 4) is 0 Å². The van der Waals surface area contributed by atoms with Gasteiger partial charge in [-0.15, -0.1) is 0 Å². The second kappa shape index (κ2) is 7.79. The van der Waals surface area contributed by atoms with E-state index in [4.69, 9.17) is 0 Å². The van der Waals surface area contributed by atoms with Crippen molar-refractivity contribution in [2.24, 2.45) is 0 Å². The summed E-state index contributed by atoms with van der Waals surface area (Å²) < 4.78 is 13.6. The van der Waals surface area contributed by atoms with Crippen LogP contribution in [0.2, 0.25) is 0 Å². The first-order chi connectivity index (χ1) is 11.6. The normalized spacial score (nSPS) is 14.5. The van der Waals surface area contributed by atoms with Crippen molar-refractivity contribution in [2.45, 2.75) is 25.7 Å². The average molecular weight is 391 g/mol. The number of rotatable bonds is 4. The van der Waals surface area contributed by atoms with Gasteiger partial charge in [0, 0.05) is 24.5 Å². The van der Waals surface area contributed by atoms with Crippen LogP contribution in [0.3, 0.4) is 0 Å². The molecule has 1 heterocycles. The second-order valence-corrected chi connectivity index (χ2v) is 6.92. The van der Waals surface area contributed by atoms with Crippen LogP contribution in [0.4, 0.5) is 15.8 Å². The lowest BCUT2D eigenvalue weighted by Crippen LogP contribution is -2.29. The second-order valence-electron chi connectivity index (χ2n) is 6.07. The molecule has 1 fully saturated rings. The molecule has 1 aliphatic heterocycles. The molecule has 1 saturated heterocycles. The summed E-state index contributed by atoms with van der Waals surface area (Å²) >= 11 is 3.14. The van der Waals surface area contributed by atoms with Gasteiger partial charge < -0.3 is 10.2 Å². The van der Waals surface area contributed by atoms with Crippen LogP contribution in [-0.4, -0.2) is 19.0 Å². The van der Waals surface area contributed by atoms with Crippen LogP contribution in [0, 0.1) is 5.82 Å². The largest absolute Gasteiger partial charge is 0.372 e. The van der Waals surface area contributed by atoms with Gasteiger partial charge in [0.2, 0.25) is 5.91 Å². The van der Waals surface area contributed by atoms with E-state index in [1.807, 2.05) is 12.1 Å². The maximum Gasteiger partial charge on any atom is 0.228 e. The molecule has 24 heavy (non-hydrogen) atoms. The molecule has 0 unspecified atom stereocenters. The van der Waals surface area contributed by atoms with E-state index in [1.54, 1.807) is 12.1 Å². The van der Waals surface area contributed by atoms with Gasteiger partial charge in [-0.1, -0.05) is 6.07 Å². The van der Waals surface area contributed by atoms with E-state index in [-0.39, 0.29) is 18.1 Å². The highest BCUT2D eigenvalue weighted by molar-refractivity contribution is 9.10. The third-order valence-electron chi connectivity index (χ3n) is 4.22. The van der Waals surface area contributed by atoms with Crippen molar-refractivity contribution in [2.75, 3.05) is 23.3 Å². The number of carbonyl (C=O) groups excluding carboxylic acids is 1. The van der Waals surface area contributed by atoms with Gasteiger partial charge >= 0.3 is 0 Å². The number of hydrogen-bond donors (Lipinski definition) is 1. The van der Waals surface area contributed by atoms with Crippen molar-refractivity contribution < 1.29 is 9.18 Å². The summed E-state index contributed by atoms with van der Waals surface area (Å²) in [5.41, 5.74) is 2.75. The Morgan fingerprint density at radius 1 is 1.08 bits per heavy atom. The molecule has 2 aromatic rings. The van der Waals surface area contributed by atoms with Crippen LogP contribution in [0.5, 0.6) is 0 Å². The lowest BCUT2D eigenvalue weighted by atomic mass is 10.1. The van der Waals surface area contributed by atoms with E-state index >= 15 is 0 Å². The summed E-state index contributed by atoms with van der Waals surface area (Å²) in [6, 6.07) is 12.6. The predicted octanol–water partition coefficient (Wildman–Crippen LogP) is 4.76. The van der Waals surface area contributed by atoms with Crippen molar-refractivity contribution in [3.05, 3.63) is 58.3 Å². The average Bonchev–Trinajstić information content (AvgIpc) is 2.59. The van der Waals surface area contributed by atoms with Gasteiger partial charge in [-0.3, -0.25) is 4.79 Å². The monoisotopic (exact) mass is 390 g/mol. The number of amides is 1. The SMILES string of the molecule is O=C(Cc1ccc(F)c(Br)c1)Nc1ccc(N2CCCCC2)cc1. The van der Waals surface area contributed by atoms with E-state index in [9.17, 15) is 9.18 Å². The Kier molecular flexibility index (Phi) is 5.51. The Morgan fingerprint density at radius 2 is 1.79 bits per heavy atom. The molecule has 3 rings (SSSR count). The van der Waals surface area contributed by atoms with Crippen LogP contribution < -0.4 is 10.2 Å². The zero-order valence-electron chi connectivity index (χ0n) is 13.4. The Balaban J connectivity index is 1.58. The van der Waals surface area contributed by atoms with Gasteiger partial charge in [-0.05, 0) is 77.2 Å². The Bertz CT molecular complexity index is 712. The number of halogens is 2. The molecule has 126 valence electrons. The number of benzene rings is 2. The van der Waals surface area contributed by atoms with Gasteiger partial charge in [-0.2, -0.15) is 0 Å². The highest BCUT2D eigenvalue weighted by Crippen LogP contribution is 2.22. The van der Waals surface area contributed by atoms with Crippen molar-refractivity contribution >= 4 is 33.2 Å². The summed E-state index contributed by atoms with van der Waals surface area (Å²) in [7, 11) is 0. The minimum absolute atomic E-state index is 0.112. The zero-order valence-corrected chi connectivity index (χ0v) is 15.0. The molecular weight excluding hydrogens is 371 g/mol. The predicted molar refractivity (Wildman–Crippen MR) is 98.9 cm³/mol. The molecule has 2 aromatic carbocycles. The third-order valence-corrected chi connectivity index (χ3v) is 4.83. The standard InChI is InChI=1S/C19H20BrFN2O/c20-17-12-14(4-9-18(17)21)13-19(24)22-15-5-7-16(8-6-15)23-10-2-1-3-11-23/h4-9,12H,1-3,10-11,13H2,(H,22,24). The van der Waals surface area contributed by atoms with Crippen LogP contribution in [0.25, 0.3) is 0 Å². The number of hydrogen-bond acceptors (Lipinski definition) is 2. The summed E-state index contributed by atoms with van der Waals surface area (Å²) in [5.74, 6) is -0.438. The van der Waals surface area contributed by atoms with E-state index in [2.05, 4.69) is 38.3 Å². The van der Waals surface area contributed by atoms with Gasteiger partial charge in [0.1, 0.15) is 5.82 Å². The smallest absolute Gasteiger partial charge is 0.228 e. The molecule has 0 atom stereocenters. The van der Waals surface area contributed by atoms with Crippen LogP contribution in [0.15, 0.2) is 46.9 Å². The maximum atomic E-state index is 13.2. The zero-order chi connectivity index (χ0) is 16.9. The topological polar surface area (TPSA) is 32.3 Å². The van der Waals surface area contributed by atoms with Crippen LogP contribution in [-0.2, 0) is 11.2 Å². The van der Waals surface area contributed by atoms with Crippen molar-refractivity contribution in [1.82, 2.24) is 0 Å². The molecule has 0 aliphatic carbocycles. The molecular formula is C19H20BrFN2O. The van der Waals surface area contributed by atoms with E-state index in [1.165, 1.54) is 31.0 Å². The highest BCUT2D eigenvalue weighted by Gasteiger charge is 2.11. The Morgan fingerprint density at radius 3 is 2.46 bits per heavy atom. The molecule has 1 aliphatic rings. The summed E-state index contributed by atoms with van der Waals surface area (Å²) in [5, 5.41) is 2.89. The molecule has 5 heteroatoms. The lowest BCUT2D eigenvalue weighted by Gasteiger charge is -2.28. The summed E-state index contributed by atoms with van der Waals surface area (Å²) in [6.07, 6.45) is 4.01. The minimum Gasteiger partial charge on any atom is -0.372 e. The molecule has 1 amide bonds. The molecule has 0 saturated carbocycles. The molecule has 0 spiro atoms. The fourth-order valence-corrected chi connectivity index (χ4v) is 3.37. The first-order valence-electron chi connectivity index (χ1n) is 8.20. The molecule has 3 nitrogen and oxygen atoms in total. The van der Waals surface area contributed by atoms with Gasteiger partial charge in [0.25, 0.3) is 0 Å². The number of carbonyl (C=O) groups is 1. The lowest BCUT2D eigenvalue weighted by molar-refractivity contribution is -0.115.